The van der Waals surface area contributed by atoms with Crippen LogP contribution >= 0.6 is 15.9 Å². The number of halogens is 1. The molecule has 0 bridgehead atoms. The topological polar surface area (TPSA) is 45.4 Å². The highest BCUT2D eigenvalue weighted by atomic mass is 79.9. The number of phenolic OH excluding ortho intramolecular Hbond substituents is 1. The van der Waals surface area contributed by atoms with Crippen LogP contribution in [0.4, 0.5) is 0 Å². The van der Waals surface area contributed by atoms with Gasteiger partial charge in [0.1, 0.15) is 11.3 Å². The Hall–Kier alpha value is -1.00. The van der Waals surface area contributed by atoms with Gasteiger partial charge >= 0.3 is 0 Å². The summed E-state index contributed by atoms with van der Waals surface area (Å²) in [6, 6.07) is 5.38. The summed E-state index contributed by atoms with van der Waals surface area (Å²) in [5.74, 6) is 0.292. The smallest absolute Gasteiger partial charge is 0.170 e. The average Bonchev–Trinajstić information content (AvgIpc) is 2.45. The molecule has 0 radical (unpaired) electrons. The predicted octanol–water partition coefficient (Wildman–Crippen LogP) is 2.62. The molecule has 2 aromatic rings. The van der Waals surface area contributed by atoms with Gasteiger partial charge in [-0.2, -0.15) is 0 Å². The van der Waals surface area contributed by atoms with Crippen molar-refractivity contribution < 1.29 is 9.52 Å². The highest BCUT2D eigenvalue weighted by molar-refractivity contribution is 9.10. The van der Waals surface area contributed by atoms with Crippen molar-refractivity contribution in [2.75, 3.05) is 7.05 Å². The SMILES string of the molecule is CNCc1cc2oc(Br)cc2cc1O. The molecule has 3 nitrogen and oxygen atoms in total. The molecule has 2 N–H and O–H groups in total. The monoisotopic (exact) mass is 255 g/mol. The highest BCUT2D eigenvalue weighted by Crippen LogP contribution is 2.29. The molecule has 0 aliphatic rings. The molecule has 1 heterocycles. The molecule has 1 aromatic heterocycles. The summed E-state index contributed by atoms with van der Waals surface area (Å²) in [6.07, 6.45) is 0. The third-order valence-electron chi connectivity index (χ3n) is 2.05. The zero-order valence-electron chi connectivity index (χ0n) is 7.67. The molecule has 4 heteroatoms. The zero-order chi connectivity index (χ0) is 10.1. The van der Waals surface area contributed by atoms with Gasteiger partial charge in [0.2, 0.25) is 0 Å². The second-order valence-corrected chi connectivity index (χ2v) is 3.88. The van der Waals surface area contributed by atoms with Crippen LogP contribution in [0.15, 0.2) is 27.3 Å². The summed E-state index contributed by atoms with van der Waals surface area (Å²) in [7, 11) is 1.84. The molecule has 0 amide bonds. The molecular weight excluding hydrogens is 246 g/mol. The van der Waals surface area contributed by atoms with Gasteiger partial charge in [0.15, 0.2) is 4.67 Å². The Bertz CT molecular complexity index is 464. The van der Waals surface area contributed by atoms with Crippen molar-refractivity contribution >= 4 is 26.9 Å². The highest BCUT2D eigenvalue weighted by Gasteiger charge is 2.06. The van der Waals surface area contributed by atoms with Crippen molar-refractivity contribution in [2.24, 2.45) is 0 Å². The second kappa shape index (κ2) is 3.63. The fraction of sp³-hybridized carbons (Fsp3) is 0.200. The fourth-order valence-electron chi connectivity index (χ4n) is 1.42. The number of rotatable bonds is 2. The molecule has 0 unspecified atom stereocenters. The average molecular weight is 256 g/mol. The van der Waals surface area contributed by atoms with Gasteiger partial charge in [0.25, 0.3) is 0 Å². The maximum atomic E-state index is 9.65. The lowest BCUT2D eigenvalue weighted by atomic mass is 10.1. The van der Waals surface area contributed by atoms with E-state index < -0.39 is 0 Å². The number of benzene rings is 1. The normalized spacial score (nSPS) is 11.0. The molecule has 0 saturated carbocycles. The number of furan rings is 1. The van der Waals surface area contributed by atoms with E-state index in [1.807, 2.05) is 19.2 Å². The summed E-state index contributed by atoms with van der Waals surface area (Å²) in [4.78, 5) is 0. The van der Waals surface area contributed by atoms with Crippen LogP contribution in [-0.2, 0) is 6.54 Å². The Labute approximate surface area is 89.8 Å². The molecule has 2 rings (SSSR count). The van der Waals surface area contributed by atoms with Gasteiger partial charge in [-0.3, -0.25) is 0 Å². The molecule has 0 aliphatic carbocycles. The molecule has 1 aromatic carbocycles. The summed E-state index contributed by atoms with van der Waals surface area (Å²) in [6.45, 7) is 0.625. The lowest BCUT2D eigenvalue weighted by molar-refractivity contribution is 0.466. The van der Waals surface area contributed by atoms with E-state index >= 15 is 0 Å². The standard InChI is InChI=1S/C10H10BrNO2/c1-12-5-7-3-9-6(2-8(7)13)4-10(11)14-9/h2-4,12-13H,5H2,1H3. The number of aromatic hydroxyl groups is 1. The number of hydrogen-bond acceptors (Lipinski definition) is 3. The molecule has 0 spiro atoms. The third-order valence-corrected chi connectivity index (χ3v) is 2.45. The van der Waals surface area contributed by atoms with Crippen LogP contribution in [0.1, 0.15) is 5.56 Å². The van der Waals surface area contributed by atoms with Crippen molar-refractivity contribution in [3.05, 3.63) is 28.4 Å². The van der Waals surface area contributed by atoms with Gasteiger partial charge in [0, 0.05) is 17.5 Å². The molecule has 0 fully saturated rings. The van der Waals surface area contributed by atoms with Crippen LogP contribution in [0.25, 0.3) is 11.0 Å². The lowest BCUT2D eigenvalue weighted by Gasteiger charge is -2.02. The van der Waals surface area contributed by atoms with Crippen molar-refractivity contribution in [2.45, 2.75) is 6.54 Å². The molecule has 0 aliphatic heterocycles. The van der Waals surface area contributed by atoms with Crippen LogP contribution in [-0.4, -0.2) is 12.2 Å². The number of fused-ring (bicyclic) bond motifs is 1. The second-order valence-electron chi connectivity index (χ2n) is 3.10. The minimum absolute atomic E-state index is 0.292. The Morgan fingerprint density at radius 3 is 2.93 bits per heavy atom. The maximum Gasteiger partial charge on any atom is 0.170 e. The van der Waals surface area contributed by atoms with Crippen molar-refractivity contribution in [1.82, 2.24) is 5.32 Å². The van der Waals surface area contributed by atoms with Gasteiger partial charge in [-0.1, -0.05) is 0 Å². The largest absolute Gasteiger partial charge is 0.508 e. The molecule has 14 heavy (non-hydrogen) atoms. The first kappa shape index (κ1) is 9.55. The molecule has 74 valence electrons. The van der Waals surface area contributed by atoms with E-state index in [1.54, 1.807) is 6.07 Å². The summed E-state index contributed by atoms with van der Waals surface area (Å²) < 4.78 is 6.06. The summed E-state index contributed by atoms with van der Waals surface area (Å²) in [5, 5.41) is 13.5. The van der Waals surface area contributed by atoms with Crippen LogP contribution < -0.4 is 5.32 Å². The van der Waals surface area contributed by atoms with Crippen LogP contribution in [0.2, 0.25) is 0 Å². The minimum atomic E-state index is 0.292. The minimum Gasteiger partial charge on any atom is -0.508 e. The summed E-state index contributed by atoms with van der Waals surface area (Å²) in [5.41, 5.74) is 1.61. The van der Waals surface area contributed by atoms with Crippen molar-refractivity contribution in [3.63, 3.8) is 0 Å². The number of nitrogens with one attached hydrogen (secondary N) is 1. The van der Waals surface area contributed by atoms with Gasteiger partial charge in [-0.15, -0.1) is 0 Å². The van der Waals surface area contributed by atoms with Crippen LogP contribution in [0, 0.1) is 0 Å². The maximum absolute atomic E-state index is 9.65. The van der Waals surface area contributed by atoms with Crippen molar-refractivity contribution in [1.29, 1.82) is 0 Å². The Kier molecular flexibility index (Phi) is 2.48. The van der Waals surface area contributed by atoms with E-state index in [-0.39, 0.29) is 0 Å². The molecular formula is C10H10BrNO2. The van der Waals surface area contributed by atoms with E-state index in [0.29, 0.717) is 17.0 Å². The van der Waals surface area contributed by atoms with E-state index in [2.05, 4.69) is 21.2 Å². The number of phenols is 1. The molecule has 0 saturated heterocycles. The summed E-state index contributed by atoms with van der Waals surface area (Å²) >= 11 is 3.25. The van der Waals surface area contributed by atoms with Gasteiger partial charge in [-0.25, -0.2) is 0 Å². The fourth-order valence-corrected chi connectivity index (χ4v) is 1.84. The van der Waals surface area contributed by atoms with Crippen LogP contribution in [0.5, 0.6) is 5.75 Å². The zero-order valence-corrected chi connectivity index (χ0v) is 9.26. The first-order chi connectivity index (χ1) is 6.70. The first-order valence-corrected chi connectivity index (χ1v) is 5.05. The van der Waals surface area contributed by atoms with E-state index in [9.17, 15) is 5.11 Å². The Morgan fingerprint density at radius 1 is 1.43 bits per heavy atom. The quantitative estimate of drug-likeness (QED) is 0.868. The third kappa shape index (κ3) is 1.63. The first-order valence-electron chi connectivity index (χ1n) is 4.26. The van der Waals surface area contributed by atoms with E-state index in [0.717, 1.165) is 16.5 Å². The van der Waals surface area contributed by atoms with Gasteiger partial charge in [-0.05, 0) is 41.2 Å². The van der Waals surface area contributed by atoms with E-state index in [4.69, 9.17) is 4.42 Å². The van der Waals surface area contributed by atoms with Gasteiger partial charge < -0.3 is 14.8 Å². The van der Waals surface area contributed by atoms with E-state index in [1.165, 1.54) is 0 Å². The van der Waals surface area contributed by atoms with Crippen molar-refractivity contribution in [3.8, 4) is 5.75 Å². The Morgan fingerprint density at radius 2 is 2.21 bits per heavy atom. The Balaban J connectivity index is 2.58. The number of hydrogen-bond donors (Lipinski definition) is 2. The van der Waals surface area contributed by atoms with Gasteiger partial charge in [0.05, 0.1) is 0 Å². The molecule has 0 atom stereocenters. The predicted molar refractivity (Wildman–Crippen MR) is 58.3 cm³/mol. The lowest BCUT2D eigenvalue weighted by Crippen LogP contribution is -2.04. The van der Waals surface area contributed by atoms with Crippen LogP contribution in [0.3, 0.4) is 0 Å².